The SMILES string of the molecule is C[C@@H](Oc1cc(F)c(S(=O)(=O)Nc2ncns2)cc1F)c1cccc2c1CNCC2. The van der Waals surface area contributed by atoms with Crippen molar-refractivity contribution in [1.29, 1.82) is 0 Å². The number of hydrogen-bond acceptors (Lipinski definition) is 7. The largest absolute Gasteiger partial charge is 0.483 e. The Bertz CT molecular complexity index is 1170. The summed E-state index contributed by atoms with van der Waals surface area (Å²) in [7, 11) is -4.37. The Hall–Kier alpha value is -2.63. The van der Waals surface area contributed by atoms with Crippen molar-refractivity contribution < 1.29 is 21.9 Å². The molecule has 0 bridgehead atoms. The van der Waals surface area contributed by atoms with Gasteiger partial charge in [-0.25, -0.2) is 22.2 Å². The van der Waals surface area contributed by atoms with Crippen LogP contribution in [0.2, 0.25) is 0 Å². The van der Waals surface area contributed by atoms with Crippen molar-refractivity contribution in [2.24, 2.45) is 0 Å². The molecule has 4 rings (SSSR count). The molecule has 0 saturated carbocycles. The molecular weight excluding hydrogens is 434 g/mol. The van der Waals surface area contributed by atoms with Crippen LogP contribution in [0.15, 0.2) is 41.6 Å². The highest BCUT2D eigenvalue weighted by Crippen LogP contribution is 2.32. The van der Waals surface area contributed by atoms with Crippen LogP contribution in [-0.2, 0) is 23.0 Å². The molecule has 30 heavy (non-hydrogen) atoms. The third-order valence-corrected chi connectivity index (χ3v) is 6.85. The van der Waals surface area contributed by atoms with Gasteiger partial charge in [-0.2, -0.15) is 4.37 Å². The van der Waals surface area contributed by atoms with E-state index in [1.807, 2.05) is 18.2 Å². The molecule has 1 atom stereocenters. The zero-order chi connectivity index (χ0) is 21.3. The highest BCUT2D eigenvalue weighted by molar-refractivity contribution is 7.93. The summed E-state index contributed by atoms with van der Waals surface area (Å²) < 4.78 is 65.3. The Kier molecular flexibility index (Phi) is 5.67. The minimum Gasteiger partial charge on any atom is -0.483 e. The highest BCUT2D eigenvalue weighted by Gasteiger charge is 2.25. The molecule has 0 radical (unpaired) electrons. The second-order valence-electron chi connectivity index (χ2n) is 6.74. The van der Waals surface area contributed by atoms with E-state index >= 15 is 0 Å². The lowest BCUT2D eigenvalue weighted by Crippen LogP contribution is -2.25. The molecule has 0 unspecified atom stereocenters. The number of sulfonamides is 1. The van der Waals surface area contributed by atoms with E-state index in [4.69, 9.17) is 4.74 Å². The average molecular weight is 453 g/mol. The van der Waals surface area contributed by atoms with E-state index in [2.05, 4.69) is 19.4 Å². The zero-order valence-corrected chi connectivity index (χ0v) is 17.5. The topological polar surface area (TPSA) is 93.2 Å². The van der Waals surface area contributed by atoms with Gasteiger partial charge in [0.25, 0.3) is 10.0 Å². The van der Waals surface area contributed by atoms with Crippen LogP contribution in [0.4, 0.5) is 13.9 Å². The van der Waals surface area contributed by atoms with Gasteiger partial charge in [0, 0.05) is 30.2 Å². The third kappa shape index (κ3) is 4.13. The lowest BCUT2D eigenvalue weighted by molar-refractivity contribution is 0.213. The predicted octanol–water partition coefficient (Wildman–Crippen LogP) is 3.40. The van der Waals surface area contributed by atoms with Crippen molar-refractivity contribution in [3.05, 3.63) is 65.0 Å². The van der Waals surface area contributed by atoms with Crippen LogP contribution in [0, 0.1) is 11.6 Å². The van der Waals surface area contributed by atoms with Gasteiger partial charge in [-0.05, 0) is 36.6 Å². The summed E-state index contributed by atoms with van der Waals surface area (Å²) in [5.74, 6) is -2.48. The smallest absolute Gasteiger partial charge is 0.266 e. The van der Waals surface area contributed by atoms with Gasteiger partial charge in [0.1, 0.15) is 23.1 Å². The molecule has 7 nitrogen and oxygen atoms in total. The maximum atomic E-state index is 14.6. The molecule has 11 heteroatoms. The molecule has 2 aromatic carbocycles. The molecule has 2 N–H and O–H groups in total. The van der Waals surface area contributed by atoms with Crippen molar-refractivity contribution in [3.8, 4) is 5.75 Å². The first-order valence-corrected chi connectivity index (χ1v) is 11.4. The minimum absolute atomic E-state index is 0.0498. The summed E-state index contributed by atoms with van der Waals surface area (Å²) in [5.41, 5.74) is 3.14. The molecule has 0 saturated heterocycles. The summed E-state index contributed by atoms with van der Waals surface area (Å²) in [6.45, 7) is 3.29. The number of fused-ring (bicyclic) bond motifs is 1. The first kappa shape index (κ1) is 20.6. The van der Waals surface area contributed by atoms with Crippen molar-refractivity contribution >= 4 is 26.7 Å². The lowest BCUT2D eigenvalue weighted by atomic mass is 9.93. The molecule has 0 amide bonds. The molecule has 1 aliphatic heterocycles. The Morgan fingerprint density at radius 3 is 2.87 bits per heavy atom. The van der Waals surface area contributed by atoms with Crippen LogP contribution >= 0.6 is 11.5 Å². The third-order valence-electron chi connectivity index (χ3n) is 4.78. The number of anilines is 1. The molecule has 0 spiro atoms. The summed E-state index contributed by atoms with van der Waals surface area (Å²) in [4.78, 5) is 2.84. The fourth-order valence-electron chi connectivity index (χ4n) is 3.37. The van der Waals surface area contributed by atoms with Crippen LogP contribution in [0.25, 0.3) is 0 Å². The normalized spacial score (nSPS) is 14.8. The van der Waals surface area contributed by atoms with E-state index in [1.54, 1.807) is 6.92 Å². The highest BCUT2D eigenvalue weighted by atomic mass is 32.2. The van der Waals surface area contributed by atoms with Crippen LogP contribution in [0.5, 0.6) is 5.75 Å². The summed E-state index contributed by atoms with van der Waals surface area (Å²) in [5, 5.41) is 3.24. The van der Waals surface area contributed by atoms with Crippen LogP contribution < -0.4 is 14.8 Å². The van der Waals surface area contributed by atoms with Gasteiger partial charge >= 0.3 is 0 Å². The van der Waals surface area contributed by atoms with Crippen LogP contribution in [0.1, 0.15) is 29.7 Å². The van der Waals surface area contributed by atoms with Gasteiger partial charge in [-0.1, -0.05) is 18.2 Å². The fourth-order valence-corrected chi connectivity index (χ4v) is 5.10. The number of hydrogen-bond donors (Lipinski definition) is 2. The van der Waals surface area contributed by atoms with Gasteiger partial charge in [0.15, 0.2) is 11.6 Å². The molecule has 3 aromatic rings. The summed E-state index contributed by atoms with van der Waals surface area (Å²) >= 11 is 0.777. The fraction of sp³-hybridized carbons (Fsp3) is 0.263. The number of ether oxygens (including phenoxy) is 1. The van der Waals surface area contributed by atoms with E-state index in [9.17, 15) is 17.2 Å². The molecule has 0 fully saturated rings. The number of aromatic nitrogens is 2. The van der Waals surface area contributed by atoms with Gasteiger partial charge < -0.3 is 10.1 Å². The molecule has 1 aromatic heterocycles. The monoisotopic (exact) mass is 452 g/mol. The van der Waals surface area contributed by atoms with Crippen molar-refractivity contribution in [3.63, 3.8) is 0 Å². The van der Waals surface area contributed by atoms with Crippen molar-refractivity contribution in [2.75, 3.05) is 11.3 Å². The summed E-state index contributed by atoms with van der Waals surface area (Å²) in [6, 6.07) is 7.18. The Morgan fingerprint density at radius 1 is 1.27 bits per heavy atom. The van der Waals surface area contributed by atoms with E-state index in [0.29, 0.717) is 12.6 Å². The van der Waals surface area contributed by atoms with Crippen molar-refractivity contribution in [2.45, 2.75) is 30.9 Å². The van der Waals surface area contributed by atoms with Gasteiger partial charge in [-0.15, -0.1) is 0 Å². The first-order valence-electron chi connectivity index (χ1n) is 9.12. The zero-order valence-electron chi connectivity index (χ0n) is 15.9. The van der Waals surface area contributed by atoms with Crippen LogP contribution in [-0.4, -0.2) is 24.3 Å². The van der Waals surface area contributed by atoms with Gasteiger partial charge in [-0.3, -0.25) is 4.72 Å². The van der Waals surface area contributed by atoms with E-state index in [0.717, 1.165) is 48.0 Å². The van der Waals surface area contributed by atoms with E-state index < -0.39 is 32.7 Å². The first-order chi connectivity index (χ1) is 14.3. The Morgan fingerprint density at radius 2 is 2.10 bits per heavy atom. The lowest BCUT2D eigenvalue weighted by Gasteiger charge is -2.24. The minimum atomic E-state index is -4.37. The number of nitrogens with one attached hydrogen (secondary N) is 2. The maximum Gasteiger partial charge on any atom is 0.266 e. The Labute approximate surface area is 176 Å². The van der Waals surface area contributed by atoms with Crippen LogP contribution in [0.3, 0.4) is 0 Å². The van der Waals surface area contributed by atoms with Gasteiger partial charge in [0.05, 0.1) is 0 Å². The maximum absolute atomic E-state index is 14.6. The quantitative estimate of drug-likeness (QED) is 0.596. The average Bonchev–Trinajstić information content (AvgIpc) is 3.22. The molecular formula is C19H18F2N4O3S2. The Balaban J connectivity index is 1.60. The molecule has 1 aliphatic rings. The molecule has 2 heterocycles. The van der Waals surface area contributed by atoms with E-state index in [1.165, 1.54) is 5.56 Å². The van der Waals surface area contributed by atoms with E-state index in [-0.39, 0.29) is 10.9 Å². The standard InChI is InChI=1S/C19H18F2N4O3S2/c1-11(13-4-2-3-12-5-6-22-9-14(12)13)28-17-7-16(21)18(8-15(17)20)30(26,27)25-19-23-10-24-29-19/h2-4,7-8,10-11,22H,5-6,9H2,1H3,(H,23,24,25)/t11-/m1/s1. The second kappa shape index (κ2) is 8.25. The van der Waals surface area contributed by atoms with Gasteiger partial charge in [0.2, 0.25) is 5.13 Å². The molecule has 0 aliphatic carbocycles. The predicted molar refractivity (Wildman–Crippen MR) is 108 cm³/mol. The number of benzene rings is 2. The number of nitrogens with zero attached hydrogens (tertiary/aromatic N) is 2. The molecule has 158 valence electrons. The second-order valence-corrected chi connectivity index (χ2v) is 9.17. The summed E-state index contributed by atoms with van der Waals surface area (Å²) in [6.07, 6.45) is 1.47. The van der Waals surface area contributed by atoms with Crippen molar-refractivity contribution in [1.82, 2.24) is 14.7 Å². The number of halogens is 2. The number of rotatable bonds is 6.